The summed E-state index contributed by atoms with van der Waals surface area (Å²) in [6, 6.07) is 6.65. The number of hydrogen-bond donors (Lipinski definition) is 1. The summed E-state index contributed by atoms with van der Waals surface area (Å²) < 4.78 is 20.3. The first kappa shape index (κ1) is 14.0. The molecule has 2 rings (SSSR count). The monoisotopic (exact) mass is 324 g/mol. The topological polar surface area (TPSA) is 34.1 Å². The van der Waals surface area contributed by atoms with Crippen molar-refractivity contribution in [3.63, 3.8) is 0 Å². The van der Waals surface area contributed by atoms with Gasteiger partial charge in [0, 0.05) is 22.8 Å². The summed E-state index contributed by atoms with van der Waals surface area (Å²) >= 11 is 3.31. The Morgan fingerprint density at radius 3 is 2.95 bits per heavy atom. The highest BCUT2D eigenvalue weighted by molar-refractivity contribution is 9.10. The van der Waals surface area contributed by atoms with Crippen LogP contribution in [0.1, 0.15) is 12.5 Å². The Morgan fingerprint density at radius 1 is 1.37 bits per heavy atom. The van der Waals surface area contributed by atoms with Gasteiger partial charge in [0.15, 0.2) is 11.6 Å². The number of ether oxygens (including phenoxy) is 1. The Bertz CT molecular complexity index is 563. The third kappa shape index (κ3) is 3.75. The smallest absolute Gasteiger partial charge is 0.167 e. The highest BCUT2D eigenvalue weighted by Crippen LogP contribution is 2.29. The second-order valence-electron chi connectivity index (χ2n) is 3.95. The van der Waals surface area contributed by atoms with Crippen LogP contribution in [0, 0.1) is 5.82 Å². The van der Waals surface area contributed by atoms with Gasteiger partial charge < -0.3 is 10.1 Å². The van der Waals surface area contributed by atoms with Gasteiger partial charge in [-0.15, -0.1) is 0 Å². The van der Waals surface area contributed by atoms with Crippen molar-refractivity contribution in [3.05, 3.63) is 52.5 Å². The van der Waals surface area contributed by atoms with Crippen molar-refractivity contribution >= 4 is 15.9 Å². The van der Waals surface area contributed by atoms with Crippen LogP contribution < -0.4 is 10.1 Å². The van der Waals surface area contributed by atoms with Gasteiger partial charge in [-0.25, -0.2) is 4.39 Å². The van der Waals surface area contributed by atoms with Gasteiger partial charge in [-0.2, -0.15) is 0 Å². The van der Waals surface area contributed by atoms with Crippen LogP contribution in [-0.2, 0) is 6.54 Å². The van der Waals surface area contributed by atoms with Gasteiger partial charge in [-0.1, -0.05) is 19.1 Å². The highest BCUT2D eigenvalue weighted by Gasteiger charge is 2.11. The molecule has 0 saturated heterocycles. The van der Waals surface area contributed by atoms with E-state index >= 15 is 0 Å². The quantitative estimate of drug-likeness (QED) is 0.906. The number of nitrogens with zero attached hydrogens (tertiary/aromatic N) is 1. The van der Waals surface area contributed by atoms with Crippen molar-refractivity contribution < 1.29 is 9.13 Å². The summed E-state index contributed by atoms with van der Waals surface area (Å²) in [5.41, 5.74) is 0.779. The molecule has 1 aromatic heterocycles. The maximum atomic E-state index is 13.9. The number of para-hydroxylation sites is 1. The van der Waals surface area contributed by atoms with E-state index in [2.05, 4.69) is 26.2 Å². The number of pyridine rings is 1. The van der Waals surface area contributed by atoms with Crippen LogP contribution in [-0.4, -0.2) is 11.5 Å². The molecule has 100 valence electrons. The molecule has 1 aromatic carbocycles. The van der Waals surface area contributed by atoms with Crippen molar-refractivity contribution in [1.29, 1.82) is 0 Å². The summed E-state index contributed by atoms with van der Waals surface area (Å²) in [5, 5.41) is 3.16. The largest absolute Gasteiger partial charge is 0.452 e. The molecule has 1 N–H and O–H groups in total. The molecule has 0 amide bonds. The molecule has 0 saturated carbocycles. The predicted molar refractivity (Wildman–Crippen MR) is 75.8 cm³/mol. The van der Waals surface area contributed by atoms with E-state index in [-0.39, 0.29) is 11.6 Å². The first-order valence-electron chi connectivity index (χ1n) is 5.97. The molecular weight excluding hydrogens is 311 g/mol. The van der Waals surface area contributed by atoms with Gasteiger partial charge in [-0.05, 0) is 34.6 Å². The van der Waals surface area contributed by atoms with Crippen LogP contribution in [0.2, 0.25) is 0 Å². The molecule has 1 heterocycles. The molecule has 0 unspecified atom stereocenters. The maximum Gasteiger partial charge on any atom is 0.167 e. The van der Waals surface area contributed by atoms with Crippen LogP contribution in [0.15, 0.2) is 41.1 Å². The fraction of sp³-hybridized carbons (Fsp3) is 0.214. The van der Waals surface area contributed by atoms with Crippen molar-refractivity contribution in [2.24, 2.45) is 0 Å². The normalized spacial score (nSPS) is 10.5. The molecule has 0 bridgehead atoms. The first-order chi connectivity index (χ1) is 9.20. The minimum absolute atomic E-state index is 0.239. The number of halogens is 2. The minimum Gasteiger partial charge on any atom is -0.452 e. The Hall–Kier alpha value is -1.46. The summed E-state index contributed by atoms with van der Waals surface area (Å²) in [6.07, 6.45) is 3.20. The average Bonchev–Trinajstić information content (AvgIpc) is 2.39. The van der Waals surface area contributed by atoms with Gasteiger partial charge in [-0.3, -0.25) is 4.98 Å². The zero-order chi connectivity index (χ0) is 13.7. The van der Waals surface area contributed by atoms with Crippen molar-refractivity contribution in [2.75, 3.05) is 6.54 Å². The lowest BCUT2D eigenvalue weighted by Gasteiger charge is -2.12. The average molecular weight is 325 g/mol. The summed E-state index contributed by atoms with van der Waals surface area (Å²) in [4.78, 5) is 3.99. The molecule has 3 nitrogen and oxygen atoms in total. The van der Waals surface area contributed by atoms with Crippen molar-refractivity contribution in [2.45, 2.75) is 13.5 Å². The predicted octanol–water partition coefficient (Wildman–Crippen LogP) is 3.89. The van der Waals surface area contributed by atoms with E-state index in [0.29, 0.717) is 12.3 Å². The second-order valence-corrected chi connectivity index (χ2v) is 4.87. The highest BCUT2D eigenvalue weighted by atomic mass is 79.9. The van der Waals surface area contributed by atoms with Crippen molar-refractivity contribution in [3.8, 4) is 11.5 Å². The Labute approximate surface area is 119 Å². The molecule has 0 fully saturated rings. The number of nitrogens with one attached hydrogen (secondary N) is 1. The number of rotatable bonds is 5. The molecule has 2 aromatic rings. The second kappa shape index (κ2) is 6.63. The minimum atomic E-state index is -0.379. The molecule has 0 aliphatic heterocycles. The standard InChI is InChI=1S/C14H14BrFN2O/c1-2-17-7-10-4-3-5-13(16)14(10)19-12-6-11(15)8-18-9-12/h3-6,8-9,17H,2,7H2,1H3. The summed E-state index contributed by atoms with van der Waals surface area (Å²) in [6.45, 7) is 3.37. The number of aromatic nitrogens is 1. The van der Waals surface area contributed by atoms with Crippen LogP contribution in [0.5, 0.6) is 11.5 Å². The summed E-state index contributed by atoms with van der Waals surface area (Å²) in [7, 11) is 0. The van der Waals surface area contributed by atoms with E-state index in [1.165, 1.54) is 6.07 Å². The SMILES string of the molecule is CCNCc1cccc(F)c1Oc1cncc(Br)c1. The third-order valence-corrected chi connectivity index (χ3v) is 2.95. The molecule has 0 aliphatic rings. The number of benzene rings is 1. The number of hydrogen-bond acceptors (Lipinski definition) is 3. The third-order valence-electron chi connectivity index (χ3n) is 2.51. The fourth-order valence-corrected chi connectivity index (χ4v) is 1.98. The lowest BCUT2D eigenvalue weighted by atomic mass is 10.2. The molecule has 19 heavy (non-hydrogen) atoms. The van der Waals surface area contributed by atoms with Gasteiger partial charge in [0.1, 0.15) is 5.75 Å². The fourth-order valence-electron chi connectivity index (χ4n) is 1.63. The Balaban J connectivity index is 2.27. The Kier molecular flexibility index (Phi) is 4.87. The molecule has 0 spiro atoms. The molecular formula is C14H14BrFN2O. The lowest BCUT2D eigenvalue weighted by Crippen LogP contribution is -2.12. The summed E-state index contributed by atoms with van der Waals surface area (Å²) in [5.74, 6) is 0.357. The van der Waals surface area contributed by atoms with E-state index in [1.807, 2.05) is 13.0 Å². The van der Waals surface area contributed by atoms with Gasteiger partial charge in [0.05, 0.1) is 6.20 Å². The van der Waals surface area contributed by atoms with Crippen LogP contribution in [0.25, 0.3) is 0 Å². The van der Waals surface area contributed by atoms with Crippen LogP contribution in [0.3, 0.4) is 0 Å². The van der Waals surface area contributed by atoms with E-state index in [0.717, 1.165) is 16.6 Å². The Morgan fingerprint density at radius 2 is 2.21 bits per heavy atom. The molecule has 0 aliphatic carbocycles. The van der Waals surface area contributed by atoms with Crippen LogP contribution >= 0.6 is 15.9 Å². The van der Waals surface area contributed by atoms with E-state index < -0.39 is 0 Å². The van der Waals surface area contributed by atoms with E-state index in [9.17, 15) is 4.39 Å². The van der Waals surface area contributed by atoms with Gasteiger partial charge in [0.25, 0.3) is 0 Å². The molecule has 5 heteroatoms. The van der Waals surface area contributed by atoms with Crippen molar-refractivity contribution in [1.82, 2.24) is 10.3 Å². The van der Waals surface area contributed by atoms with Crippen LogP contribution in [0.4, 0.5) is 4.39 Å². The lowest BCUT2D eigenvalue weighted by molar-refractivity contribution is 0.432. The first-order valence-corrected chi connectivity index (χ1v) is 6.76. The zero-order valence-electron chi connectivity index (χ0n) is 10.5. The molecule has 0 atom stereocenters. The zero-order valence-corrected chi connectivity index (χ0v) is 12.1. The van der Waals surface area contributed by atoms with Gasteiger partial charge in [0.2, 0.25) is 0 Å². The van der Waals surface area contributed by atoms with E-state index in [4.69, 9.17) is 4.74 Å². The maximum absolute atomic E-state index is 13.9. The van der Waals surface area contributed by atoms with E-state index in [1.54, 1.807) is 24.5 Å². The molecule has 0 radical (unpaired) electrons. The van der Waals surface area contributed by atoms with Gasteiger partial charge >= 0.3 is 0 Å².